The molecule has 2 fully saturated rings. The average Bonchev–Trinajstić information content (AvgIpc) is 2.83. The van der Waals surface area contributed by atoms with Gasteiger partial charge in [0, 0.05) is 43.7 Å². The van der Waals surface area contributed by atoms with Crippen LogP contribution in [0.15, 0.2) is 39.9 Å². The van der Waals surface area contributed by atoms with Gasteiger partial charge in [-0.1, -0.05) is 18.6 Å². The smallest absolute Gasteiger partial charge is 0.329 e. The van der Waals surface area contributed by atoms with Crippen molar-refractivity contribution in [3.63, 3.8) is 0 Å². The van der Waals surface area contributed by atoms with E-state index in [0.717, 1.165) is 23.8 Å². The Morgan fingerprint density at radius 1 is 1.00 bits per heavy atom. The molecule has 3 aliphatic rings. The lowest BCUT2D eigenvalue weighted by atomic mass is 9.84. The van der Waals surface area contributed by atoms with Gasteiger partial charge in [-0.15, -0.1) is 0 Å². The second-order valence-electron chi connectivity index (χ2n) is 9.20. The summed E-state index contributed by atoms with van der Waals surface area (Å²) in [5, 5.41) is 0. The molecular formula is C25H23FN4O6. The summed E-state index contributed by atoms with van der Waals surface area (Å²) in [7, 11) is 0. The number of carbonyl (C=O) groups excluding carboxylic acids is 4. The summed E-state index contributed by atoms with van der Waals surface area (Å²) in [6.07, 6.45) is 3.35. The van der Waals surface area contributed by atoms with E-state index >= 15 is 0 Å². The molecule has 1 N–H and O–H groups in total. The zero-order chi connectivity index (χ0) is 25.6. The maximum Gasteiger partial charge on any atom is 0.329 e. The van der Waals surface area contributed by atoms with Gasteiger partial charge >= 0.3 is 5.69 Å². The molecule has 0 radical (unpaired) electrons. The molecule has 0 unspecified atom stereocenters. The number of rotatable bonds is 4. The van der Waals surface area contributed by atoms with E-state index in [0.29, 0.717) is 43.4 Å². The number of hydrogen-bond acceptors (Lipinski definition) is 6. The van der Waals surface area contributed by atoms with Crippen molar-refractivity contribution in [1.29, 1.82) is 0 Å². The van der Waals surface area contributed by atoms with E-state index in [-0.39, 0.29) is 24.3 Å². The number of aromatic nitrogens is 2. The van der Waals surface area contributed by atoms with Crippen LogP contribution in [0, 0.1) is 5.92 Å². The first-order valence-corrected chi connectivity index (χ1v) is 11.7. The van der Waals surface area contributed by atoms with Gasteiger partial charge in [0.25, 0.3) is 11.5 Å². The Kier molecular flexibility index (Phi) is 5.99. The summed E-state index contributed by atoms with van der Waals surface area (Å²) in [4.78, 5) is 79.9. The molecule has 0 spiro atoms. The molecule has 1 saturated heterocycles. The SMILES string of the molecule is O=C1C=C(F)c2c(n(Cc3cccc(C(=O)N4CCN(C(=O)C5CCC5)CC4)c3)c(=O)[nH]c2=O)C1=O. The Balaban J connectivity index is 1.36. The Bertz CT molecular complexity index is 1440. The lowest BCUT2D eigenvalue weighted by molar-refractivity contribution is -0.139. The number of hydrogen-bond donors (Lipinski definition) is 1. The van der Waals surface area contributed by atoms with Gasteiger partial charge in [0.15, 0.2) is 0 Å². The van der Waals surface area contributed by atoms with Gasteiger partial charge < -0.3 is 9.80 Å². The topological polar surface area (TPSA) is 130 Å². The fourth-order valence-corrected chi connectivity index (χ4v) is 4.76. The molecule has 1 saturated carbocycles. The maximum absolute atomic E-state index is 14.3. The van der Waals surface area contributed by atoms with Crippen LogP contribution in [0.3, 0.4) is 0 Å². The van der Waals surface area contributed by atoms with Gasteiger partial charge in [-0.3, -0.25) is 33.5 Å². The number of allylic oxidation sites excluding steroid dienone is 1. The molecule has 11 heteroatoms. The van der Waals surface area contributed by atoms with E-state index in [4.69, 9.17) is 0 Å². The third-order valence-electron chi connectivity index (χ3n) is 6.98. The van der Waals surface area contributed by atoms with Crippen molar-refractivity contribution in [3.8, 4) is 0 Å². The van der Waals surface area contributed by atoms with Crippen molar-refractivity contribution in [2.24, 2.45) is 5.92 Å². The number of aromatic amines is 1. The minimum atomic E-state index is -1.19. The molecule has 2 aliphatic carbocycles. The van der Waals surface area contributed by atoms with Crippen LogP contribution in [0.5, 0.6) is 0 Å². The van der Waals surface area contributed by atoms with Crippen molar-refractivity contribution in [2.45, 2.75) is 25.8 Å². The summed E-state index contributed by atoms with van der Waals surface area (Å²) in [5.74, 6) is -3.50. The van der Waals surface area contributed by atoms with Crippen LogP contribution in [0.1, 0.15) is 51.2 Å². The third kappa shape index (κ3) is 4.10. The molecule has 0 atom stereocenters. The Hall–Kier alpha value is -4.15. The normalized spacial score (nSPS) is 18.0. The van der Waals surface area contributed by atoms with Crippen LogP contribution < -0.4 is 11.2 Å². The minimum Gasteiger partial charge on any atom is -0.339 e. The highest BCUT2D eigenvalue weighted by atomic mass is 19.1. The highest BCUT2D eigenvalue weighted by Gasteiger charge is 2.34. The number of benzene rings is 1. The van der Waals surface area contributed by atoms with Crippen LogP contribution in [0.25, 0.3) is 5.83 Å². The summed E-state index contributed by atoms with van der Waals surface area (Å²) in [6, 6.07) is 6.37. The van der Waals surface area contributed by atoms with Crippen LogP contribution in [0.4, 0.5) is 4.39 Å². The molecule has 2 heterocycles. The standard InChI is InChI=1S/C25H23FN4O6/c26-17-12-18(31)21(32)20-19(17)22(33)27-25(36)30(20)13-14-3-1-6-16(11-14)24(35)29-9-7-28(8-10-29)23(34)15-4-2-5-15/h1,3,6,11-12,15H,2,4-5,7-10,13H2,(H,27,33,36). The lowest BCUT2D eigenvalue weighted by Crippen LogP contribution is -2.52. The lowest BCUT2D eigenvalue weighted by Gasteiger charge is -2.38. The van der Waals surface area contributed by atoms with Crippen LogP contribution in [-0.2, 0) is 16.1 Å². The highest BCUT2D eigenvalue weighted by Crippen LogP contribution is 2.28. The van der Waals surface area contributed by atoms with Crippen LogP contribution in [0.2, 0.25) is 0 Å². The molecular weight excluding hydrogens is 471 g/mol. The molecule has 2 aromatic rings. The quantitative estimate of drug-likeness (QED) is 0.625. The first kappa shape index (κ1) is 23.6. The average molecular weight is 494 g/mol. The number of H-pyrrole nitrogens is 1. The molecule has 0 bridgehead atoms. The number of nitrogens with one attached hydrogen (secondary N) is 1. The first-order chi connectivity index (χ1) is 17.2. The zero-order valence-corrected chi connectivity index (χ0v) is 19.3. The second kappa shape index (κ2) is 9.14. The Morgan fingerprint density at radius 3 is 2.36 bits per heavy atom. The van der Waals surface area contributed by atoms with Gasteiger partial charge in [-0.25, -0.2) is 9.18 Å². The fourth-order valence-electron chi connectivity index (χ4n) is 4.76. The van der Waals surface area contributed by atoms with Crippen molar-refractivity contribution in [2.75, 3.05) is 26.2 Å². The predicted molar refractivity (Wildman–Crippen MR) is 125 cm³/mol. The third-order valence-corrected chi connectivity index (χ3v) is 6.98. The molecule has 10 nitrogen and oxygen atoms in total. The number of fused-ring (bicyclic) bond motifs is 1. The number of ketones is 2. The van der Waals surface area contributed by atoms with E-state index in [1.807, 2.05) is 9.88 Å². The first-order valence-electron chi connectivity index (χ1n) is 11.7. The van der Waals surface area contributed by atoms with E-state index in [1.54, 1.807) is 29.2 Å². The number of carbonyl (C=O) groups is 4. The van der Waals surface area contributed by atoms with Crippen molar-refractivity contribution in [1.82, 2.24) is 19.4 Å². The molecule has 36 heavy (non-hydrogen) atoms. The van der Waals surface area contributed by atoms with Crippen LogP contribution in [-0.4, -0.2) is 68.9 Å². The van der Waals surface area contributed by atoms with Crippen molar-refractivity contribution >= 4 is 29.2 Å². The molecule has 1 aromatic carbocycles. The minimum absolute atomic E-state index is 0.108. The summed E-state index contributed by atoms with van der Waals surface area (Å²) >= 11 is 0. The van der Waals surface area contributed by atoms with Crippen molar-refractivity contribution in [3.05, 3.63) is 73.6 Å². The molecule has 5 rings (SSSR count). The van der Waals surface area contributed by atoms with E-state index < -0.39 is 39.9 Å². The Labute approximate surface area is 204 Å². The maximum atomic E-state index is 14.3. The van der Waals surface area contributed by atoms with Gasteiger partial charge in [0.1, 0.15) is 17.1 Å². The highest BCUT2D eigenvalue weighted by molar-refractivity contribution is 6.49. The Morgan fingerprint density at radius 2 is 1.69 bits per heavy atom. The van der Waals surface area contributed by atoms with Crippen LogP contribution >= 0.6 is 0 Å². The van der Waals surface area contributed by atoms with Gasteiger partial charge in [0.05, 0.1) is 6.54 Å². The monoisotopic (exact) mass is 494 g/mol. The van der Waals surface area contributed by atoms with Gasteiger partial charge in [0.2, 0.25) is 17.5 Å². The second-order valence-corrected chi connectivity index (χ2v) is 9.20. The fraction of sp³-hybridized carbons (Fsp3) is 0.360. The number of piperazine rings is 1. The van der Waals surface area contributed by atoms with E-state index in [9.17, 15) is 33.2 Å². The number of amides is 2. The van der Waals surface area contributed by atoms with E-state index in [2.05, 4.69) is 0 Å². The van der Waals surface area contributed by atoms with Gasteiger partial charge in [-0.2, -0.15) is 0 Å². The largest absolute Gasteiger partial charge is 0.339 e. The number of Topliss-reactive ketones (excluding diaryl/α,β-unsaturated/α-hetero) is 1. The number of nitrogens with zero attached hydrogens (tertiary/aromatic N) is 3. The predicted octanol–water partition coefficient (Wildman–Crippen LogP) is 0.745. The zero-order valence-electron chi connectivity index (χ0n) is 19.3. The summed E-state index contributed by atoms with van der Waals surface area (Å²) in [5.41, 5.74) is -2.57. The molecule has 1 aliphatic heterocycles. The van der Waals surface area contributed by atoms with Crippen molar-refractivity contribution < 1.29 is 23.6 Å². The summed E-state index contributed by atoms with van der Waals surface area (Å²) < 4.78 is 15.1. The number of halogens is 1. The molecule has 186 valence electrons. The van der Waals surface area contributed by atoms with Gasteiger partial charge in [-0.05, 0) is 30.5 Å². The van der Waals surface area contributed by atoms with E-state index in [1.165, 1.54) is 0 Å². The molecule has 1 aromatic heterocycles. The molecule has 2 amide bonds. The summed E-state index contributed by atoms with van der Waals surface area (Å²) in [6.45, 7) is 1.46.